The Morgan fingerprint density at radius 3 is 2.88 bits per heavy atom. The molecular weight excluding hydrogens is 412 g/mol. The van der Waals surface area contributed by atoms with Crippen molar-refractivity contribution in [1.29, 1.82) is 0 Å². The minimum Gasteiger partial charge on any atom is -0.376 e. The quantitative estimate of drug-likeness (QED) is 0.492. The number of nitrogens with one attached hydrogen (secondary N) is 1. The van der Waals surface area contributed by atoms with Crippen molar-refractivity contribution in [2.24, 2.45) is 0 Å². The highest BCUT2D eigenvalue weighted by atomic mass is 16.5. The number of amides is 1. The minimum atomic E-state index is -0.424. The van der Waals surface area contributed by atoms with Gasteiger partial charge in [-0.2, -0.15) is 4.98 Å². The average molecular weight is 434 g/mol. The minimum absolute atomic E-state index is 0.0311. The van der Waals surface area contributed by atoms with E-state index in [1.165, 1.54) is 4.40 Å². The molecule has 3 aromatic heterocycles. The maximum Gasteiger partial charge on any atom is 0.350 e. The zero-order chi connectivity index (χ0) is 22.1. The second-order valence-electron chi connectivity index (χ2n) is 7.78. The lowest BCUT2D eigenvalue weighted by Crippen LogP contribution is -2.36. The Labute approximate surface area is 182 Å². The number of carbonyl (C=O) groups is 1. The number of aryl methyl sites for hydroxylation is 1. The summed E-state index contributed by atoms with van der Waals surface area (Å²) in [5.41, 5.74) is 2.38. The van der Waals surface area contributed by atoms with Gasteiger partial charge in [0.25, 0.3) is 5.89 Å². The van der Waals surface area contributed by atoms with Crippen LogP contribution in [0, 0.1) is 6.92 Å². The van der Waals surface area contributed by atoms with Crippen LogP contribution >= 0.6 is 0 Å². The molecule has 0 spiro atoms. The predicted molar refractivity (Wildman–Crippen MR) is 115 cm³/mol. The van der Waals surface area contributed by atoms with Gasteiger partial charge >= 0.3 is 5.69 Å². The van der Waals surface area contributed by atoms with Crippen LogP contribution in [0.3, 0.4) is 0 Å². The van der Waals surface area contributed by atoms with Gasteiger partial charge in [-0.15, -0.1) is 5.10 Å². The fourth-order valence-electron chi connectivity index (χ4n) is 3.69. The maximum atomic E-state index is 12.8. The molecule has 0 bridgehead atoms. The van der Waals surface area contributed by atoms with E-state index in [9.17, 15) is 9.59 Å². The van der Waals surface area contributed by atoms with Crippen LogP contribution in [0.15, 0.2) is 51.9 Å². The molecule has 164 valence electrons. The lowest BCUT2D eigenvalue weighted by atomic mass is 10.1. The summed E-state index contributed by atoms with van der Waals surface area (Å²) < 4.78 is 13.4. The van der Waals surface area contributed by atoms with Crippen molar-refractivity contribution in [2.75, 3.05) is 13.2 Å². The number of pyridine rings is 1. The maximum absolute atomic E-state index is 12.8. The molecule has 1 aliphatic heterocycles. The number of nitrogens with zero attached hydrogens (tertiary/aromatic N) is 5. The van der Waals surface area contributed by atoms with Crippen molar-refractivity contribution in [2.45, 2.75) is 32.4 Å². The second-order valence-corrected chi connectivity index (χ2v) is 7.78. The van der Waals surface area contributed by atoms with Gasteiger partial charge in [0, 0.05) is 24.9 Å². The largest absolute Gasteiger partial charge is 0.376 e. The van der Waals surface area contributed by atoms with Gasteiger partial charge in [-0.05, 0) is 31.9 Å². The van der Waals surface area contributed by atoms with Crippen molar-refractivity contribution in [3.8, 4) is 22.8 Å². The van der Waals surface area contributed by atoms with E-state index in [0.29, 0.717) is 23.6 Å². The van der Waals surface area contributed by atoms with Crippen LogP contribution in [0.1, 0.15) is 18.4 Å². The zero-order valence-corrected chi connectivity index (χ0v) is 17.5. The molecule has 4 heterocycles. The topological polar surface area (TPSA) is 117 Å². The number of aromatic nitrogens is 5. The van der Waals surface area contributed by atoms with Crippen LogP contribution < -0.4 is 11.0 Å². The number of carbonyl (C=O) groups excluding carboxylic acids is 1. The monoisotopic (exact) mass is 434 g/mol. The zero-order valence-electron chi connectivity index (χ0n) is 17.5. The van der Waals surface area contributed by atoms with Gasteiger partial charge in [-0.25, -0.2) is 13.9 Å². The molecular formula is C22H22N6O4. The van der Waals surface area contributed by atoms with E-state index >= 15 is 0 Å². The summed E-state index contributed by atoms with van der Waals surface area (Å²) in [6, 6.07) is 11.2. The Kier molecular flexibility index (Phi) is 5.28. The number of hydrogen-bond donors (Lipinski definition) is 1. The smallest absolute Gasteiger partial charge is 0.350 e. The van der Waals surface area contributed by atoms with E-state index in [-0.39, 0.29) is 24.4 Å². The van der Waals surface area contributed by atoms with Crippen LogP contribution in [0.4, 0.5) is 0 Å². The van der Waals surface area contributed by atoms with Crippen LogP contribution in [-0.4, -0.2) is 49.5 Å². The van der Waals surface area contributed by atoms with E-state index in [0.717, 1.165) is 35.3 Å². The van der Waals surface area contributed by atoms with Crippen molar-refractivity contribution in [3.63, 3.8) is 0 Å². The Morgan fingerprint density at radius 1 is 1.25 bits per heavy atom. The van der Waals surface area contributed by atoms with E-state index in [4.69, 9.17) is 9.26 Å². The molecule has 10 heteroatoms. The first-order chi connectivity index (χ1) is 15.6. The van der Waals surface area contributed by atoms with Gasteiger partial charge in [0.1, 0.15) is 6.54 Å². The molecule has 1 atom stereocenters. The average Bonchev–Trinajstić information content (AvgIpc) is 3.55. The van der Waals surface area contributed by atoms with Gasteiger partial charge in [-0.1, -0.05) is 35.0 Å². The highest BCUT2D eigenvalue weighted by molar-refractivity contribution is 5.76. The SMILES string of the molecule is Cc1ccc(-c2noc(-c3cccn4c(=O)n(CC(=O)NC[C@H]5CCCO5)nc34)n2)cc1. The normalized spacial score (nSPS) is 16.0. The van der Waals surface area contributed by atoms with Crippen molar-refractivity contribution in [3.05, 3.63) is 58.6 Å². The Balaban J connectivity index is 1.40. The molecule has 10 nitrogen and oxygen atoms in total. The predicted octanol–water partition coefficient (Wildman–Crippen LogP) is 1.82. The third-order valence-corrected chi connectivity index (χ3v) is 5.42. The number of hydrogen-bond acceptors (Lipinski definition) is 7. The Bertz CT molecular complexity index is 1310. The third-order valence-electron chi connectivity index (χ3n) is 5.42. The Morgan fingerprint density at radius 2 is 2.09 bits per heavy atom. The summed E-state index contributed by atoms with van der Waals surface area (Å²) in [7, 11) is 0. The molecule has 1 amide bonds. The summed E-state index contributed by atoms with van der Waals surface area (Å²) in [6.07, 6.45) is 3.54. The summed E-state index contributed by atoms with van der Waals surface area (Å²) in [6.45, 7) is 2.96. The molecule has 1 N–H and O–H groups in total. The number of fused-ring (bicyclic) bond motifs is 1. The fraction of sp³-hybridized carbons (Fsp3) is 0.318. The third kappa shape index (κ3) is 3.92. The van der Waals surface area contributed by atoms with Gasteiger partial charge in [-0.3, -0.25) is 4.79 Å². The molecule has 5 rings (SSSR count). The van der Waals surface area contributed by atoms with Gasteiger partial charge in [0.2, 0.25) is 11.7 Å². The molecule has 4 aromatic rings. The molecule has 1 fully saturated rings. The summed E-state index contributed by atoms with van der Waals surface area (Å²) in [4.78, 5) is 29.5. The van der Waals surface area contributed by atoms with E-state index in [1.807, 2.05) is 31.2 Å². The van der Waals surface area contributed by atoms with Crippen molar-refractivity contribution in [1.82, 2.24) is 29.6 Å². The summed E-state index contributed by atoms with van der Waals surface area (Å²) >= 11 is 0. The van der Waals surface area contributed by atoms with Crippen LogP contribution in [0.25, 0.3) is 28.5 Å². The van der Waals surface area contributed by atoms with E-state index < -0.39 is 5.69 Å². The van der Waals surface area contributed by atoms with Crippen LogP contribution in [0.2, 0.25) is 0 Å². The van der Waals surface area contributed by atoms with Gasteiger partial charge < -0.3 is 14.6 Å². The highest BCUT2D eigenvalue weighted by Crippen LogP contribution is 2.24. The fourth-order valence-corrected chi connectivity index (χ4v) is 3.69. The van der Waals surface area contributed by atoms with E-state index in [2.05, 4.69) is 20.6 Å². The van der Waals surface area contributed by atoms with E-state index in [1.54, 1.807) is 18.3 Å². The summed E-state index contributed by atoms with van der Waals surface area (Å²) in [5.74, 6) is 0.385. The van der Waals surface area contributed by atoms with Crippen LogP contribution in [-0.2, 0) is 16.1 Å². The molecule has 32 heavy (non-hydrogen) atoms. The first-order valence-corrected chi connectivity index (χ1v) is 10.5. The van der Waals surface area contributed by atoms with Gasteiger partial charge in [0.15, 0.2) is 5.65 Å². The number of ether oxygens (including phenoxy) is 1. The first-order valence-electron chi connectivity index (χ1n) is 10.5. The molecule has 1 aliphatic rings. The Hall–Kier alpha value is -3.79. The highest BCUT2D eigenvalue weighted by Gasteiger charge is 2.20. The standard InChI is InChI=1S/C22H22N6O4/c1-14-6-8-15(9-7-14)19-24-21(32-26-19)17-5-2-10-27-20(17)25-28(22(27)30)13-18(29)23-12-16-4-3-11-31-16/h2,5-10,16H,3-4,11-13H2,1H3,(H,23,29)/t16-/m1/s1. The van der Waals surface area contributed by atoms with Crippen molar-refractivity contribution < 1.29 is 14.1 Å². The number of benzene rings is 1. The molecule has 0 saturated carbocycles. The lowest BCUT2D eigenvalue weighted by Gasteiger charge is -2.10. The summed E-state index contributed by atoms with van der Waals surface area (Å²) in [5, 5.41) is 11.2. The second kappa shape index (κ2) is 8.39. The molecule has 0 unspecified atom stereocenters. The van der Waals surface area contributed by atoms with Crippen molar-refractivity contribution >= 4 is 11.6 Å². The molecule has 1 saturated heterocycles. The van der Waals surface area contributed by atoms with Crippen LogP contribution in [0.5, 0.6) is 0 Å². The molecule has 1 aromatic carbocycles. The molecule has 0 radical (unpaired) electrons. The molecule has 0 aliphatic carbocycles. The first kappa shape index (κ1) is 20.1. The van der Waals surface area contributed by atoms with Gasteiger partial charge in [0.05, 0.1) is 11.7 Å². The lowest BCUT2D eigenvalue weighted by molar-refractivity contribution is -0.122. The number of rotatable bonds is 6.